The van der Waals surface area contributed by atoms with Gasteiger partial charge >= 0.3 is 0 Å². The van der Waals surface area contributed by atoms with Crippen molar-refractivity contribution >= 4 is 61.8 Å². The quantitative estimate of drug-likeness (QED) is 0.146. The zero-order valence-corrected chi connectivity index (χ0v) is 35.4. The maximum atomic E-state index is 2.49. The fourth-order valence-corrected chi connectivity index (χ4v) is 11.1. The molecule has 2 atom stereocenters. The lowest BCUT2D eigenvalue weighted by Gasteiger charge is -2.44. The number of hydrogen-bond donors (Lipinski definition) is 0. The van der Waals surface area contributed by atoms with E-state index in [2.05, 4.69) is 240 Å². The van der Waals surface area contributed by atoms with Crippen LogP contribution in [0.5, 0.6) is 0 Å². The van der Waals surface area contributed by atoms with E-state index in [0.717, 1.165) is 34.7 Å². The second-order valence-electron chi connectivity index (χ2n) is 17.6. The summed E-state index contributed by atoms with van der Waals surface area (Å²) >= 11 is 0. The van der Waals surface area contributed by atoms with Crippen molar-refractivity contribution in [3.63, 3.8) is 0 Å². The van der Waals surface area contributed by atoms with Gasteiger partial charge in [-0.1, -0.05) is 163 Å². The van der Waals surface area contributed by atoms with Crippen molar-refractivity contribution in [2.24, 2.45) is 0 Å². The molecular weight excluding hydrogens is 773 g/mol. The predicted molar refractivity (Wildman–Crippen MR) is 269 cm³/mol. The molecule has 0 amide bonds. The molecule has 0 radical (unpaired) electrons. The standard InChI is InChI=1S/C62H44N2/c1-4-14-47(15-5-1)63(48-16-6-2-7-17-48)50-32-35-52-51-33-27-42(37-59(51)64(60(52)40-50)49-18-8-3-9-19-49)25-24-41-26-28-44-38-45(30-29-43(44)36-41)46-31-34-57-58(39-46)62-55-22-12-10-20-53(55)61(57)54-21-11-13-23-56(54)62/h1-10,12-20,22-40,61-62H,11,21H2/b25-24+. The molecule has 0 N–H and O–H groups in total. The molecule has 0 fully saturated rings. The third-order valence-corrected chi connectivity index (χ3v) is 14.0. The summed E-state index contributed by atoms with van der Waals surface area (Å²) in [6.45, 7) is 0. The first-order valence-corrected chi connectivity index (χ1v) is 22.6. The van der Waals surface area contributed by atoms with Crippen molar-refractivity contribution in [2.45, 2.75) is 24.7 Å². The average molecular weight is 817 g/mol. The van der Waals surface area contributed by atoms with E-state index in [1.165, 1.54) is 77.9 Å². The highest BCUT2D eigenvalue weighted by molar-refractivity contribution is 6.11. The Morgan fingerprint density at radius 3 is 1.78 bits per heavy atom. The molecule has 9 aromatic carbocycles. The molecule has 0 saturated carbocycles. The lowest BCUT2D eigenvalue weighted by Crippen LogP contribution is -2.28. The van der Waals surface area contributed by atoms with Gasteiger partial charge in [0.1, 0.15) is 0 Å². The van der Waals surface area contributed by atoms with E-state index in [1.54, 1.807) is 11.1 Å². The molecule has 2 heteroatoms. The van der Waals surface area contributed by atoms with Crippen LogP contribution in [0.15, 0.2) is 230 Å². The van der Waals surface area contributed by atoms with Gasteiger partial charge in [-0.05, 0) is 146 Å². The van der Waals surface area contributed by atoms with Crippen molar-refractivity contribution in [1.82, 2.24) is 4.57 Å². The zero-order valence-electron chi connectivity index (χ0n) is 35.4. The van der Waals surface area contributed by atoms with Crippen LogP contribution in [0.4, 0.5) is 17.1 Å². The minimum absolute atomic E-state index is 0.323. The Kier molecular flexibility index (Phi) is 8.52. The first-order valence-electron chi connectivity index (χ1n) is 22.6. The zero-order chi connectivity index (χ0) is 42.1. The van der Waals surface area contributed by atoms with Crippen LogP contribution in [0.2, 0.25) is 0 Å². The van der Waals surface area contributed by atoms with Crippen molar-refractivity contribution in [3.8, 4) is 16.8 Å². The fourth-order valence-electron chi connectivity index (χ4n) is 11.1. The van der Waals surface area contributed by atoms with Crippen LogP contribution in [-0.2, 0) is 0 Å². The second-order valence-corrected chi connectivity index (χ2v) is 17.6. The number of allylic oxidation sites excluding steroid dienone is 4. The van der Waals surface area contributed by atoms with Crippen molar-refractivity contribution < 1.29 is 0 Å². The molecule has 0 saturated heterocycles. The lowest BCUT2D eigenvalue weighted by atomic mass is 9.59. The number of rotatable bonds is 7. The Bertz CT molecular complexity index is 3510. The van der Waals surface area contributed by atoms with E-state index in [4.69, 9.17) is 0 Å². The number of para-hydroxylation sites is 3. The molecule has 4 aliphatic carbocycles. The third kappa shape index (κ3) is 5.94. The molecule has 4 aliphatic rings. The summed E-state index contributed by atoms with van der Waals surface area (Å²) in [5.74, 6) is 0.706. The number of aromatic nitrogens is 1. The van der Waals surface area contributed by atoms with Crippen LogP contribution < -0.4 is 4.90 Å². The first kappa shape index (κ1) is 36.7. The molecule has 2 unspecified atom stereocenters. The molecule has 302 valence electrons. The van der Waals surface area contributed by atoms with E-state index < -0.39 is 0 Å². The highest BCUT2D eigenvalue weighted by Crippen LogP contribution is 2.58. The van der Waals surface area contributed by atoms with Gasteiger partial charge in [0.05, 0.1) is 11.0 Å². The predicted octanol–water partition coefficient (Wildman–Crippen LogP) is 16.5. The van der Waals surface area contributed by atoms with Crippen LogP contribution in [0.1, 0.15) is 58.1 Å². The number of hydrogen-bond acceptors (Lipinski definition) is 1. The normalized spacial score (nSPS) is 16.1. The van der Waals surface area contributed by atoms with E-state index >= 15 is 0 Å². The van der Waals surface area contributed by atoms with Gasteiger partial charge in [0, 0.05) is 45.4 Å². The lowest BCUT2D eigenvalue weighted by molar-refractivity contribution is 0.692. The highest BCUT2D eigenvalue weighted by Gasteiger charge is 2.42. The maximum absolute atomic E-state index is 2.49. The van der Waals surface area contributed by atoms with Crippen molar-refractivity contribution in [1.29, 1.82) is 0 Å². The van der Waals surface area contributed by atoms with Gasteiger partial charge in [0.2, 0.25) is 0 Å². The minimum Gasteiger partial charge on any atom is -0.310 e. The Balaban J connectivity index is 0.833. The molecule has 2 bridgehead atoms. The smallest absolute Gasteiger partial charge is 0.0561 e. The summed E-state index contributed by atoms with van der Waals surface area (Å²) < 4.78 is 2.42. The third-order valence-electron chi connectivity index (χ3n) is 14.0. The maximum Gasteiger partial charge on any atom is 0.0561 e. The molecule has 64 heavy (non-hydrogen) atoms. The molecule has 1 aromatic heterocycles. The monoisotopic (exact) mass is 816 g/mol. The van der Waals surface area contributed by atoms with E-state index in [0.29, 0.717) is 11.8 Å². The summed E-state index contributed by atoms with van der Waals surface area (Å²) in [7, 11) is 0. The van der Waals surface area contributed by atoms with Gasteiger partial charge in [-0.2, -0.15) is 0 Å². The first-order chi connectivity index (χ1) is 31.7. The van der Waals surface area contributed by atoms with Crippen molar-refractivity contribution in [3.05, 3.63) is 263 Å². The summed E-state index contributed by atoms with van der Waals surface area (Å²) in [5.41, 5.74) is 20.9. The molecular formula is C62H44N2. The summed E-state index contributed by atoms with van der Waals surface area (Å²) in [4.78, 5) is 2.34. The van der Waals surface area contributed by atoms with Gasteiger partial charge < -0.3 is 9.47 Å². The molecule has 0 aliphatic heterocycles. The summed E-state index contributed by atoms with van der Waals surface area (Å²) in [6.07, 6.45) is 11.6. The van der Waals surface area contributed by atoms with E-state index in [-0.39, 0.29) is 0 Å². The Hall–Kier alpha value is -7.94. The van der Waals surface area contributed by atoms with Gasteiger partial charge in [-0.15, -0.1) is 0 Å². The average Bonchev–Trinajstić information content (AvgIpc) is 3.69. The summed E-state index contributed by atoms with van der Waals surface area (Å²) in [6, 6.07) is 76.0. The van der Waals surface area contributed by atoms with Gasteiger partial charge in [0.25, 0.3) is 0 Å². The summed E-state index contributed by atoms with van der Waals surface area (Å²) in [5, 5.41) is 4.97. The van der Waals surface area contributed by atoms with E-state index in [1.807, 2.05) is 0 Å². The van der Waals surface area contributed by atoms with Gasteiger partial charge in [-0.3, -0.25) is 0 Å². The molecule has 1 heterocycles. The number of nitrogens with zero attached hydrogens (tertiary/aromatic N) is 2. The largest absolute Gasteiger partial charge is 0.310 e. The van der Waals surface area contributed by atoms with Crippen LogP contribution in [0.3, 0.4) is 0 Å². The van der Waals surface area contributed by atoms with Crippen LogP contribution in [0.25, 0.3) is 61.5 Å². The van der Waals surface area contributed by atoms with E-state index in [9.17, 15) is 0 Å². The SMILES string of the molecule is C1=CC2=C(CC1)C1c3ccccc3C2c2cc(-c3ccc4cc(/C=C/c5ccc6c7ccc(N(c8ccccc8)c8ccccc8)cc7n(-c7ccccc7)c6c5)ccc4c3)ccc21. The van der Waals surface area contributed by atoms with Crippen molar-refractivity contribution in [2.75, 3.05) is 4.90 Å². The molecule has 2 nitrogen and oxygen atoms in total. The topological polar surface area (TPSA) is 8.17 Å². The Morgan fingerprint density at radius 2 is 1.02 bits per heavy atom. The number of fused-ring (bicyclic) bond motifs is 4. The number of benzene rings is 9. The minimum atomic E-state index is 0.323. The van der Waals surface area contributed by atoms with Crippen LogP contribution in [0, 0.1) is 0 Å². The fraction of sp³-hybridized carbons (Fsp3) is 0.0645. The molecule has 10 aromatic rings. The Morgan fingerprint density at radius 1 is 0.438 bits per heavy atom. The van der Waals surface area contributed by atoms with Crippen LogP contribution in [-0.4, -0.2) is 4.57 Å². The number of anilines is 3. The van der Waals surface area contributed by atoms with Gasteiger partial charge in [-0.25, -0.2) is 0 Å². The van der Waals surface area contributed by atoms with Crippen LogP contribution >= 0.6 is 0 Å². The Labute approximate surface area is 374 Å². The molecule has 14 rings (SSSR count). The highest BCUT2D eigenvalue weighted by atomic mass is 15.1. The van der Waals surface area contributed by atoms with Gasteiger partial charge in [0.15, 0.2) is 0 Å². The molecule has 0 spiro atoms. The second kappa shape index (κ2) is 14.9.